The molecule has 0 atom stereocenters. The molecule has 0 amide bonds. The van der Waals surface area contributed by atoms with Crippen LogP contribution in [0.3, 0.4) is 0 Å². The fraction of sp³-hybridized carbons (Fsp3) is 0.167. The highest BCUT2D eigenvalue weighted by atomic mass is 16.4. The fourth-order valence-corrected chi connectivity index (χ4v) is 2.64. The van der Waals surface area contributed by atoms with Crippen molar-refractivity contribution in [3.63, 3.8) is 0 Å². The molecule has 0 radical (unpaired) electrons. The van der Waals surface area contributed by atoms with E-state index in [0.717, 1.165) is 22.2 Å². The Morgan fingerprint density at radius 3 is 2.35 bits per heavy atom. The van der Waals surface area contributed by atoms with Crippen LogP contribution in [-0.2, 0) is 0 Å². The molecule has 0 bridgehead atoms. The first-order chi connectivity index (χ1) is 10.9. The molecule has 1 aromatic heterocycles. The highest BCUT2D eigenvalue weighted by Gasteiger charge is 2.17. The van der Waals surface area contributed by atoms with Crippen molar-refractivity contribution < 1.29 is 15.0 Å². The Morgan fingerprint density at radius 1 is 1.04 bits per heavy atom. The number of rotatable bonds is 2. The van der Waals surface area contributed by atoms with Gasteiger partial charge in [-0.3, -0.25) is 4.98 Å². The van der Waals surface area contributed by atoms with Gasteiger partial charge in [-0.05, 0) is 61.7 Å². The lowest BCUT2D eigenvalue weighted by atomic mass is 9.99. The lowest BCUT2D eigenvalue weighted by molar-refractivity contribution is 0.0693. The number of carboxylic acids is 1. The number of aromatic hydroxyl groups is 1. The summed E-state index contributed by atoms with van der Waals surface area (Å²) in [7, 11) is 0. The van der Waals surface area contributed by atoms with Crippen LogP contribution < -0.4 is 0 Å². The van der Waals surface area contributed by atoms with E-state index in [4.69, 9.17) is 0 Å². The van der Waals surface area contributed by atoms with Crippen molar-refractivity contribution in [2.45, 2.75) is 20.8 Å². The van der Waals surface area contributed by atoms with E-state index in [1.54, 1.807) is 19.2 Å². The summed E-state index contributed by atoms with van der Waals surface area (Å²) in [5.74, 6) is -1.42. The van der Waals surface area contributed by atoms with Crippen LogP contribution in [0, 0.1) is 20.8 Å². The van der Waals surface area contributed by atoms with Gasteiger partial charge in [0.2, 0.25) is 0 Å². The number of aromatic nitrogens is 2. The van der Waals surface area contributed by atoms with E-state index in [1.807, 2.05) is 26.0 Å². The summed E-state index contributed by atoms with van der Waals surface area (Å²) in [6.07, 6.45) is 1.63. The molecule has 0 unspecified atom stereocenters. The number of hydrogen-bond donors (Lipinski definition) is 2. The van der Waals surface area contributed by atoms with Crippen molar-refractivity contribution in [2.75, 3.05) is 0 Å². The van der Waals surface area contributed by atoms with Gasteiger partial charge in [-0.1, -0.05) is 0 Å². The lowest BCUT2D eigenvalue weighted by Gasteiger charge is -2.11. The summed E-state index contributed by atoms with van der Waals surface area (Å²) in [4.78, 5) is 20.4. The van der Waals surface area contributed by atoms with Crippen molar-refractivity contribution in [2.24, 2.45) is 0 Å². The zero-order valence-corrected chi connectivity index (χ0v) is 13.1. The molecule has 0 saturated heterocycles. The molecular formula is C18H16N2O3. The maximum atomic E-state index is 11.3. The van der Waals surface area contributed by atoms with Crippen LogP contribution in [0.2, 0.25) is 0 Å². The van der Waals surface area contributed by atoms with Crippen molar-refractivity contribution in [3.8, 4) is 17.0 Å². The van der Waals surface area contributed by atoms with Gasteiger partial charge in [0.25, 0.3) is 0 Å². The minimum absolute atomic E-state index is 0.107. The molecule has 2 aromatic carbocycles. The largest absolute Gasteiger partial charge is 0.507 e. The molecule has 0 saturated carbocycles. The molecule has 0 aliphatic heterocycles. The van der Waals surface area contributed by atoms with Gasteiger partial charge < -0.3 is 10.2 Å². The molecule has 5 heteroatoms. The first-order valence-corrected chi connectivity index (χ1v) is 7.18. The van der Waals surface area contributed by atoms with Crippen LogP contribution in [0.15, 0.2) is 30.5 Å². The Hall–Kier alpha value is -2.95. The molecule has 3 rings (SSSR count). The normalized spacial score (nSPS) is 10.9. The summed E-state index contributed by atoms with van der Waals surface area (Å²) in [6.45, 7) is 5.69. The molecule has 2 N–H and O–H groups in total. The number of nitrogens with zero attached hydrogens (tertiary/aromatic N) is 2. The van der Waals surface area contributed by atoms with Crippen molar-refractivity contribution in [3.05, 3.63) is 52.7 Å². The zero-order valence-electron chi connectivity index (χ0n) is 13.1. The van der Waals surface area contributed by atoms with Gasteiger partial charge in [0.1, 0.15) is 11.3 Å². The van der Waals surface area contributed by atoms with Gasteiger partial charge in [0, 0.05) is 5.56 Å². The summed E-state index contributed by atoms with van der Waals surface area (Å²) in [6, 6.07) is 6.98. The van der Waals surface area contributed by atoms with Crippen molar-refractivity contribution in [1.29, 1.82) is 0 Å². The predicted molar refractivity (Wildman–Crippen MR) is 87.8 cm³/mol. The predicted octanol–water partition coefficient (Wildman–Crippen LogP) is 3.63. The third-order valence-electron chi connectivity index (χ3n) is 4.09. The van der Waals surface area contributed by atoms with E-state index in [-0.39, 0.29) is 11.3 Å². The minimum Gasteiger partial charge on any atom is -0.507 e. The van der Waals surface area contributed by atoms with Crippen molar-refractivity contribution >= 4 is 17.0 Å². The second kappa shape index (κ2) is 5.35. The molecule has 0 aliphatic carbocycles. The average molecular weight is 308 g/mol. The number of phenols is 1. The first-order valence-electron chi connectivity index (χ1n) is 7.18. The Morgan fingerprint density at radius 2 is 1.70 bits per heavy atom. The molecule has 23 heavy (non-hydrogen) atoms. The highest BCUT2D eigenvalue weighted by Crippen LogP contribution is 2.30. The number of carboxylic acid groups (broad SMARTS) is 1. The van der Waals surface area contributed by atoms with E-state index in [9.17, 15) is 15.0 Å². The highest BCUT2D eigenvalue weighted by molar-refractivity contribution is 5.95. The molecule has 0 aliphatic rings. The molecular weight excluding hydrogens is 292 g/mol. The Labute approximate surface area is 133 Å². The van der Waals surface area contributed by atoms with Gasteiger partial charge in [0.15, 0.2) is 0 Å². The fourth-order valence-electron chi connectivity index (χ4n) is 2.64. The molecule has 5 nitrogen and oxygen atoms in total. The standard InChI is InChI=1S/C18H16N2O3/c1-9-6-13-14(7-10(9)2)20-15(8-19-13)12-4-5-16(21)17(11(12)3)18(22)23/h4-8,21H,1-3H3,(H,22,23). The third kappa shape index (κ3) is 2.50. The molecule has 0 fully saturated rings. The van der Waals surface area contributed by atoms with Crippen molar-refractivity contribution in [1.82, 2.24) is 9.97 Å². The Balaban J connectivity index is 2.23. The van der Waals surface area contributed by atoms with Crippen LogP contribution in [0.1, 0.15) is 27.0 Å². The van der Waals surface area contributed by atoms with Crippen LogP contribution in [0.5, 0.6) is 5.75 Å². The number of aromatic carboxylic acids is 1. The number of hydrogen-bond acceptors (Lipinski definition) is 4. The number of fused-ring (bicyclic) bond motifs is 1. The second-order valence-corrected chi connectivity index (χ2v) is 5.62. The molecule has 0 spiro atoms. The SMILES string of the molecule is Cc1cc2ncc(-c3ccc(O)c(C(=O)O)c3C)nc2cc1C. The maximum Gasteiger partial charge on any atom is 0.339 e. The molecule has 1 heterocycles. The average Bonchev–Trinajstić information content (AvgIpc) is 2.48. The summed E-state index contributed by atoms with van der Waals surface area (Å²) in [5, 5.41) is 19.0. The zero-order chi connectivity index (χ0) is 16.7. The van der Waals surface area contributed by atoms with Crippen LogP contribution in [0.4, 0.5) is 0 Å². The van der Waals surface area contributed by atoms with Crippen LogP contribution in [-0.4, -0.2) is 26.2 Å². The lowest BCUT2D eigenvalue weighted by Crippen LogP contribution is -2.02. The van der Waals surface area contributed by atoms with Gasteiger partial charge in [-0.15, -0.1) is 0 Å². The van der Waals surface area contributed by atoms with E-state index >= 15 is 0 Å². The van der Waals surface area contributed by atoms with E-state index in [2.05, 4.69) is 9.97 Å². The topological polar surface area (TPSA) is 83.3 Å². The minimum atomic E-state index is -1.16. The number of aryl methyl sites for hydroxylation is 2. The van der Waals surface area contributed by atoms with Crippen LogP contribution >= 0.6 is 0 Å². The van der Waals surface area contributed by atoms with Crippen LogP contribution in [0.25, 0.3) is 22.3 Å². The van der Waals surface area contributed by atoms with Gasteiger partial charge in [0.05, 0.1) is 22.9 Å². The Kier molecular flexibility index (Phi) is 3.48. The van der Waals surface area contributed by atoms with E-state index in [1.165, 1.54) is 6.07 Å². The maximum absolute atomic E-state index is 11.3. The van der Waals surface area contributed by atoms with Gasteiger partial charge in [-0.2, -0.15) is 0 Å². The van der Waals surface area contributed by atoms with E-state index in [0.29, 0.717) is 16.8 Å². The van der Waals surface area contributed by atoms with E-state index < -0.39 is 5.97 Å². The molecule has 3 aromatic rings. The second-order valence-electron chi connectivity index (χ2n) is 5.62. The summed E-state index contributed by atoms with van der Waals surface area (Å²) >= 11 is 0. The molecule has 116 valence electrons. The third-order valence-corrected chi connectivity index (χ3v) is 4.09. The monoisotopic (exact) mass is 308 g/mol. The first kappa shape index (κ1) is 15.0. The quantitative estimate of drug-likeness (QED) is 0.755. The number of carbonyl (C=O) groups is 1. The number of benzene rings is 2. The smallest absolute Gasteiger partial charge is 0.339 e. The van der Waals surface area contributed by atoms with Gasteiger partial charge >= 0.3 is 5.97 Å². The Bertz CT molecular complexity index is 949. The summed E-state index contributed by atoms with van der Waals surface area (Å²) in [5.41, 5.74) is 5.42. The summed E-state index contributed by atoms with van der Waals surface area (Å²) < 4.78 is 0. The van der Waals surface area contributed by atoms with Gasteiger partial charge in [-0.25, -0.2) is 9.78 Å².